The molecule has 1 rings (SSSR count). The number of anilines is 1. The number of rotatable bonds is 5. The summed E-state index contributed by atoms with van der Waals surface area (Å²) in [6.07, 6.45) is 0. The molecule has 0 heterocycles. The lowest BCUT2D eigenvalue weighted by Gasteiger charge is -2.08. The number of nitrogens with two attached hydrogens (primary N) is 2. The lowest BCUT2D eigenvalue weighted by Crippen LogP contribution is -2.12. The first kappa shape index (κ1) is 11.3. The number of hydrogen-bond acceptors (Lipinski definition) is 4. The molecule has 0 unspecified atom stereocenters. The van der Waals surface area contributed by atoms with Gasteiger partial charge in [-0.1, -0.05) is 0 Å². The average Bonchev–Trinajstić information content (AvgIpc) is 2.20. The highest BCUT2D eigenvalue weighted by molar-refractivity contribution is 5.94. The summed E-state index contributed by atoms with van der Waals surface area (Å²) in [5, 5.41) is 0. The maximum Gasteiger partial charge on any atom is 0.248 e. The van der Waals surface area contributed by atoms with Gasteiger partial charge in [-0.15, -0.1) is 0 Å². The van der Waals surface area contributed by atoms with Crippen LogP contribution in [0.4, 0.5) is 5.69 Å². The fraction of sp³-hybridized carbons (Fsp3) is 0.300. The average molecular weight is 210 g/mol. The molecular formula is C10H14N2O3. The predicted octanol–water partition coefficient (Wildman–Crippen LogP) is 0.393. The second-order valence-electron chi connectivity index (χ2n) is 2.96. The van der Waals surface area contributed by atoms with Crippen LogP contribution in [-0.2, 0) is 4.74 Å². The highest BCUT2D eigenvalue weighted by atomic mass is 16.5. The number of nitrogen functional groups attached to an aromatic ring is 1. The zero-order valence-corrected chi connectivity index (χ0v) is 8.53. The minimum absolute atomic E-state index is 0.367. The summed E-state index contributed by atoms with van der Waals surface area (Å²) >= 11 is 0. The molecule has 1 aromatic carbocycles. The smallest absolute Gasteiger partial charge is 0.248 e. The first-order valence-corrected chi connectivity index (χ1v) is 4.46. The second-order valence-corrected chi connectivity index (χ2v) is 2.96. The van der Waals surface area contributed by atoms with Gasteiger partial charge in [0.1, 0.15) is 12.4 Å². The number of carbonyl (C=O) groups is 1. The Morgan fingerprint density at radius 1 is 1.40 bits per heavy atom. The van der Waals surface area contributed by atoms with Gasteiger partial charge in [-0.25, -0.2) is 0 Å². The largest absolute Gasteiger partial charge is 0.489 e. The molecule has 1 aromatic rings. The summed E-state index contributed by atoms with van der Waals surface area (Å²) in [5.41, 5.74) is 11.5. The molecule has 15 heavy (non-hydrogen) atoms. The Morgan fingerprint density at radius 3 is 2.67 bits per heavy atom. The molecule has 5 nitrogen and oxygen atoms in total. The van der Waals surface area contributed by atoms with Crippen LogP contribution in [0.15, 0.2) is 18.2 Å². The van der Waals surface area contributed by atoms with E-state index >= 15 is 0 Å². The van der Waals surface area contributed by atoms with E-state index in [2.05, 4.69) is 0 Å². The third kappa shape index (κ3) is 3.14. The van der Waals surface area contributed by atoms with Crippen molar-refractivity contribution in [2.75, 3.05) is 26.1 Å². The molecule has 0 bridgehead atoms. The van der Waals surface area contributed by atoms with Crippen LogP contribution >= 0.6 is 0 Å². The second kappa shape index (κ2) is 5.21. The molecule has 0 aromatic heterocycles. The predicted molar refractivity (Wildman–Crippen MR) is 56.7 cm³/mol. The Labute approximate surface area is 88.0 Å². The Balaban J connectivity index is 2.70. The number of methoxy groups -OCH3 is 1. The summed E-state index contributed by atoms with van der Waals surface area (Å²) in [7, 11) is 1.59. The fourth-order valence-corrected chi connectivity index (χ4v) is 1.07. The van der Waals surface area contributed by atoms with Crippen molar-refractivity contribution in [3.05, 3.63) is 23.8 Å². The van der Waals surface area contributed by atoms with E-state index < -0.39 is 5.91 Å². The van der Waals surface area contributed by atoms with Crippen molar-refractivity contribution in [1.82, 2.24) is 0 Å². The molecule has 0 fully saturated rings. The van der Waals surface area contributed by atoms with Crippen LogP contribution in [0.3, 0.4) is 0 Å². The van der Waals surface area contributed by atoms with Crippen LogP contribution in [0.25, 0.3) is 0 Å². The molecule has 0 atom stereocenters. The Morgan fingerprint density at radius 2 is 2.13 bits per heavy atom. The van der Waals surface area contributed by atoms with Crippen LogP contribution in [0, 0.1) is 0 Å². The molecule has 5 heteroatoms. The van der Waals surface area contributed by atoms with Crippen molar-refractivity contribution in [2.24, 2.45) is 5.73 Å². The summed E-state index contributed by atoms with van der Waals surface area (Å²) in [6.45, 7) is 0.896. The van der Waals surface area contributed by atoms with Crippen molar-refractivity contribution < 1.29 is 14.3 Å². The van der Waals surface area contributed by atoms with E-state index in [-0.39, 0.29) is 0 Å². The van der Waals surface area contributed by atoms with Gasteiger partial charge < -0.3 is 20.9 Å². The van der Waals surface area contributed by atoms with Crippen molar-refractivity contribution in [3.63, 3.8) is 0 Å². The van der Waals surface area contributed by atoms with Crippen LogP contribution < -0.4 is 16.2 Å². The third-order valence-electron chi connectivity index (χ3n) is 1.84. The van der Waals surface area contributed by atoms with Gasteiger partial charge in [0.05, 0.1) is 12.3 Å². The Kier molecular flexibility index (Phi) is 3.93. The van der Waals surface area contributed by atoms with Gasteiger partial charge >= 0.3 is 0 Å². The summed E-state index contributed by atoms with van der Waals surface area (Å²) in [4.78, 5) is 10.8. The monoisotopic (exact) mass is 210 g/mol. The van der Waals surface area contributed by atoms with Crippen molar-refractivity contribution in [3.8, 4) is 5.75 Å². The molecule has 0 saturated carbocycles. The molecule has 0 aliphatic heterocycles. The number of carbonyl (C=O) groups excluding carboxylic acids is 1. The normalized spacial score (nSPS) is 9.93. The lowest BCUT2D eigenvalue weighted by molar-refractivity contribution is 0.1000. The first-order valence-electron chi connectivity index (χ1n) is 4.46. The van der Waals surface area contributed by atoms with E-state index in [1.807, 2.05) is 0 Å². The maximum absolute atomic E-state index is 10.8. The van der Waals surface area contributed by atoms with E-state index in [9.17, 15) is 4.79 Å². The zero-order chi connectivity index (χ0) is 11.3. The van der Waals surface area contributed by atoms with E-state index in [0.29, 0.717) is 30.2 Å². The molecule has 0 spiro atoms. The van der Waals surface area contributed by atoms with Crippen LogP contribution in [0.1, 0.15) is 10.4 Å². The Bertz CT molecular complexity index is 353. The molecule has 0 saturated heterocycles. The maximum atomic E-state index is 10.8. The third-order valence-corrected chi connectivity index (χ3v) is 1.84. The minimum atomic E-state index is -0.509. The highest BCUT2D eigenvalue weighted by Gasteiger charge is 2.05. The molecule has 0 aliphatic rings. The first-order chi connectivity index (χ1) is 7.15. The highest BCUT2D eigenvalue weighted by Crippen LogP contribution is 2.22. The summed E-state index contributed by atoms with van der Waals surface area (Å²) in [5.74, 6) is 0.0159. The van der Waals surface area contributed by atoms with Gasteiger partial charge in [-0.3, -0.25) is 4.79 Å². The SMILES string of the molecule is COCCOc1ccc(C(N)=O)cc1N. The quantitative estimate of drug-likeness (QED) is 0.543. The Hall–Kier alpha value is -1.75. The minimum Gasteiger partial charge on any atom is -0.489 e. The number of ether oxygens (including phenoxy) is 2. The zero-order valence-electron chi connectivity index (χ0n) is 8.53. The van der Waals surface area contributed by atoms with Gasteiger partial charge in [-0.05, 0) is 18.2 Å². The van der Waals surface area contributed by atoms with Gasteiger partial charge in [0, 0.05) is 12.7 Å². The number of benzene rings is 1. The molecule has 0 radical (unpaired) electrons. The number of amides is 1. The molecule has 4 N–H and O–H groups in total. The van der Waals surface area contributed by atoms with Crippen molar-refractivity contribution in [2.45, 2.75) is 0 Å². The number of hydrogen-bond donors (Lipinski definition) is 2. The van der Waals surface area contributed by atoms with Crippen LogP contribution in [0.5, 0.6) is 5.75 Å². The fourth-order valence-electron chi connectivity index (χ4n) is 1.07. The van der Waals surface area contributed by atoms with E-state index in [4.69, 9.17) is 20.9 Å². The summed E-state index contributed by atoms with van der Waals surface area (Å²) < 4.78 is 10.1. The van der Waals surface area contributed by atoms with E-state index in [1.165, 1.54) is 6.07 Å². The topological polar surface area (TPSA) is 87.6 Å². The molecule has 0 aliphatic carbocycles. The van der Waals surface area contributed by atoms with E-state index in [1.54, 1.807) is 19.2 Å². The van der Waals surface area contributed by atoms with Crippen molar-refractivity contribution >= 4 is 11.6 Å². The van der Waals surface area contributed by atoms with Gasteiger partial charge in [0.2, 0.25) is 5.91 Å². The summed E-state index contributed by atoms with van der Waals surface area (Å²) in [6, 6.07) is 4.68. The molecule has 1 amide bonds. The van der Waals surface area contributed by atoms with Gasteiger partial charge in [0.25, 0.3) is 0 Å². The van der Waals surface area contributed by atoms with E-state index in [0.717, 1.165) is 0 Å². The van der Waals surface area contributed by atoms with Crippen molar-refractivity contribution in [1.29, 1.82) is 0 Å². The van der Waals surface area contributed by atoms with Gasteiger partial charge in [-0.2, -0.15) is 0 Å². The van der Waals surface area contributed by atoms with Crippen LogP contribution in [-0.4, -0.2) is 26.2 Å². The van der Waals surface area contributed by atoms with Gasteiger partial charge in [0.15, 0.2) is 0 Å². The van der Waals surface area contributed by atoms with Crippen LogP contribution in [0.2, 0.25) is 0 Å². The standard InChI is InChI=1S/C10H14N2O3/c1-14-4-5-15-9-3-2-7(10(12)13)6-8(9)11/h2-3,6H,4-5,11H2,1H3,(H2,12,13). The molecular weight excluding hydrogens is 196 g/mol. The lowest BCUT2D eigenvalue weighted by atomic mass is 10.2. The molecule has 82 valence electrons. The number of primary amides is 1.